The first-order valence-corrected chi connectivity index (χ1v) is 8.18. The van der Waals surface area contributed by atoms with E-state index in [4.69, 9.17) is 5.73 Å². The number of aromatic nitrogens is 2. The molecule has 1 amide bonds. The van der Waals surface area contributed by atoms with E-state index in [0.29, 0.717) is 30.9 Å². The Balaban J connectivity index is 0.00000156. The molecule has 1 aliphatic rings. The zero-order valence-electron chi connectivity index (χ0n) is 14.2. The number of rotatable bonds is 5. The molecule has 8 heteroatoms. The van der Waals surface area contributed by atoms with Crippen molar-refractivity contribution >= 4 is 41.8 Å². The fraction of sp³-hybridized carbons (Fsp3) is 0.529. The number of nitrogens with zero attached hydrogens (tertiary/aromatic N) is 2. The average Bonchev–Trinajstić information content (AvgIpc) is 3.12. The van der Waals surface area contributed by atoms with Crippen LogP contribution in [0.5, 0.6) is 0 Å². The topological polar surface area (TPSA) is 72.9 Å². The molecular formula is C17H25Cl2FN4O. The maximum absolute atomic E-state index is 13.3. The van der Waals surface area contributed by atoms with Crippen molar-refractivity contribution in [3.05, 3.63) is 29.8 Å². The Morgan fingerprint density at radius 3 is 2.88 bits per heavy atom. The van der Waals surface area contributed by atoms with Crippen LogP contribution in [0, 0.1) is 17.7 Å². The number of aryl methyl sites for hydroxylation is 1. The number of benzene rings is 1. The first kappa shape index (κ1) is 21.7. The molecule has 0 saturated heterocycles. The summed E-state index contributed by atoms with van der Waals surface area (Å²) in [5.74, 6) is 1.02. The van der Waals surface area contributed by atoms with Crippen molar-refractivity contribution in [2.75, 3.05) is 13.1 Å². The van der Waals surface area contributed by atoms with E-state index >= 15 is 0 Å². The molecule has 0 aliphatic heterocycles. The maximum Gasteiger partial charge on any atom is 0.223 e. The lowest BCUT2D eigenvalue weighted by Gasteiger charge is -2.17. The first-order valence-electron chi connectivity index (χ1n) is 8.18. The SMILES string of the molecule is Cl.Cl.Cn1c(CCNC(=O)[C@@H]2CCC[C@@H]2CN)nc2cc(F)ccc21. The van der Waals surface area contributed by atoms with Crippen molar-refractivity contribution in [2.45, 2.75) is 25.7 Å². The molecule has 0 spiro atoms. The molecule has 1 fully saturated rings. The standard InChI is InChI=1S/C17H23FN4O.2ClH/c1-22-15-6-5-12(18)9-14(15)21-16(22)7-8-20-17(23)13-4-2-3-11(13)10-19;;/h5-6,9,11,13H,2-4,7-8,10,19H2,1H3,(H,20,23);2*1H/t11-,13-;;/m1../s1. The molecule has 1 heterocycles. The molecule has 0 unspecified atom stereocenters. The Morgan fingerprint density at radius 1 is 1.40 bits per heavy atom. The summed E-state index contributed by atoms with van der Waals surface area (Å²) in [6.45, 7) is 1.11. The minimum Gasteiger partial charge on any atom is -0.355 e. The van der Waals surface area contributed by atoms with Gasteiger partial charge >= 0.3 is 0 Å². The second kappa shape index (κ2) is 9.36. The minimum atomic E-state index is -0.287. The van der Waals surface area contributed by atoms with Gasteiger partial charge in [-0.3, -0.25) is 4.79 Å². The summed E-state index contributed by atoms with van der Waals surface area (Å²) in [7, 11) is 1.91. The number of amides is 1. The van der Waals surface area contributed by atoms with Crippen LogP contribution in [0.2, 0.25) is 0 Å². The van der Waals surface area contributed by atoms with E-state index in [-0.39, 0.29) is 42.5 Å². The van der Waals surface area contributed by atoms with Gasteiger partial charge in [-0.2, -0.15) is 0 Å². The Labute approximate surface area is 159 Å². The van der Waals surface area contributed by atoms with Crippen molar-refractivity contribution in [3.8, 4) is 0 Å². The summed E-state index contributed by atoms with van der Waals surface area (Å²) in [5, 5.41) is 3.00. The zero-order valence-corrected chi connectivity index (χ0v) is 15.8. The highest BCUT2D eigenvalue weighted by molar-refractivity contribution is 5.85. The van der Waals surface area contributed by atoms with Gasteiger partial charge in [-0.15, -0.1) is 24.8 Å². The normalized spacial score (nSPS) is 19.3. The van der Waals surface area contributed by atoms with Crippen LogP contribution >= 0.6 is 24.8 Å². The Morgan fingerprint density at radius 2 is 2.16 bits per heavy atom. The molecule has 2 aromatic rings. The third kappa shape index (κ3) is 4.63. The Bertz CT molecular complexity index is 722. The summed E-state index contributed by atoms with van der Waals surface area (Å²) >= 11 is 0. The van der Waals surface area contributed by atoms with Gasteiger partial charge in [0.2, 0.25) is 5.91 Å². The molecule has 3 rings (SSSR count). The van der Waals surface area contributed by atoms with Crippen LogP contribution in [-0.2, 0) is 18.3 Å². The van der Waals surface area contributed by atoms with E-state index < -0.39 is 0 Å². The molecule has 0 radical (unpaired) electrons. The molecule has 1 aliphatic carbocycles. The molecule has 5 nitrogen and oxygen atoms in total. The van der Waals surface area contributed by atoms with Crippen LogP contribution in [0.4, 0.5) is 4.39 Å². The van der Waals surface area contributed by atoms with Crippen LogP contribution in [0.1, 0.15) is 25.1 Å². The first-order chi connectivity index (χ1) is 11.1. The minimum absolute atomic E-state index is 0. The quantitative estimate of drug-likeness (QED) is 0.823. The second-order valence-electron chi connectivity index (χ2n) is 6.29. The largest absolute Gasteiger partial charge is 0.355 e. The number of hydrogen-bond donors (Lipinski definition) is 2. The lowest BCUT2D eigenvalue weighted by Crippen LogP contribution is -2.36. The molecule has 1 saturated carbocycles. The van der Waals surface area contributed by atoms with Gasteiger partial charge in [0.05, 0.1) is 11.0 Å². The predicted molar refractivity (Wildman–Crippen MR) is 102 cm³/mol. The van der Waals surface area contributed by atoms with E-state index in [9.17, 15) is 9.18 Å². The van der Waals surface area contributed by atoms with Crippen molar-refractivity contribution in [3.63, 3.8) is 0 Å². The molecule has 3 N–H and O–H groups in total. The monoisotopic (exact) mass is 390 g/mol. The van der Waals surface area contributed by atoms with E-state index in [1.807, 2.05) is 11.6 Å². The fourth-order valence-electron chi connectivity index (χ4n) is 3.54. The summed E-state index contributed by atoms with van der Waals surface area (Å²) < 4.78 is 15.2. The molecule has 2 atom stereocenters. The highest BCUT2D eigenvalue weighted by atomic mass is 35.5. The number of fused-ring (bicyclic) bond motifs is 1. The number of carbonyl (C=O) groups is 1. The highest BCUT2D eigenvalue weighted by Gasteiger charge is 2.31. The third-order valence-electron chi connectivity index (χ3n) is 4.88. The van der Waals surface area contributed by atoms with Gasteiger partial charge < -0.3 is 15.6 Å². The smallest absolute Gasteiger partial charge is 0.223 e. The van der Waals surface area contributed by atoms with Crippen LogP contribution in [0.3, 0.4) is 0 Å². The van der Waals surface area contributed by atoms with Crippen LogP contribution in [0.15, 0.2) is 18.2 Å². The molecular weight excluding hydrogens is 366 g/mol. The van der Waals surface area contributed by atoms with Gasteiger partial charge in [0.1, 0.15) is 11.6 Å². The van der Waals surface area contributed by atoms with Gasteiger partial charge in [-0.05, 0) is 37.4 Å². The number of hydrogen-bond acceptors (Lipinski definition) is 3. The Hall–Kier alpha value is -1.37. The van der Waals surface area contributed by atoms with E-state index in [2.05, 4.69) is 10.3 Å². The van der Waals surface area contributed by atoms with Crippen LogP contribution < -0.4 is 11.1 Å². The van der Waals surface area contributed by atoms with Gasteiger partial charge in [0.25, 0.3) is 0 Å². The summed E-state index contributed by atoms with van der Waals surface area (Å²) in [6.07, 6.45) is 3.68. The summed E-state index contributed by atoms with van der Waals surface area (Å²) in [6, 6.07) is 4.59. The molecule has 0 bridgehead atoms. The molecule has 1 aromatic heterocycles. The predicted octanol–water partition coefficient (Wildman–Crippen LogP) is 2.59. The van der Waals surface area contributed by atoms with Crippen LogP contribution in [-0.4, -0.2) is 28.5 Å². The number of carbonyl (C=O) groups excluding carboxylic acids is 1. The van der Waals surface area contributed by atoms with Crippen molar-refractivity contribution in [1.29, 1.82) is 0 Å². The summed E-state index contributed by atoms with van der Waals surface area (Å²) in [5.41, 5.74) is 7.27. The van der Waals surface area contributed by atoms with Crippen molar-refractivity contribution < 1.29 is 9.18 Å². The van der Waals surface area contributed by atoms with Gasteiger partial charge in [-0.1, -0.05) is 6.42 Å². The van der Waals surface area contributed by atoms with E-state index in [0.717, 1.165) is 30.6 Å². The average molecular weight is 391 g/mol. The van der Waals surface area contributed by atoms with E-state index in [1.165, 1.54) is 12.1 Å². The fourth-order valence-corrected chi connectivity index (χ4v) is 3.54. The van der Waals surface area contributed by atoms with Crippen molar-refractivity contribution in [2.24, 2.45) is 24.6 Å². The number of nitrogens with two attached hydrogens (primary N) is 1. The lowest BCUT2D eigenvalue weighted by molar-refractivity contribution is -0.125. The van der Waals surface area contributed by atoms with Gasteiger partial charge in [0, 0.05) is 32.0 Å². The molecule has 140 valence electrons. The number of imidazole rings is 1. The van der Waals surface area contributed by atoms with Gasteiger partial charge in [-0.25, -0.2) is 9.37 Å². The molecule has 25 heavy (non-hydrogen) atoms. The van der Waals surface area contributed by atoms with E-state index in [1.54, 1.807) is 6.07 Å². The van der Waals surface area contributed by atoms with Gasteiger partial charge in [0.15, 0.2) is 0 Å². The molecule has 1 aromatic carbocycles. The van der Waals surface area contributed by atoms with Crippen molar-refractivity contribution in [1.82, 2.24) is 14.9 Å². The second-order valence-corrected chi connectivity index (χ2v) is 6.29. The van der Waals surface area contributed by atoms with Crippen LogP contribution in [0.25, 0.3) is 11.0 Å². The zero-order chi connectivity index (χ0) is 16.4. The lowest BCUT2D eigenvalue weighted by atomic mass is 9.95. The number of nitrogens with one attached hydrogen (secondary N) is 1. The Kier molecular flexibility index (Phi) is 8.12. The maximum atomic E-state index is 13.3. The number of halogens is 3. The summed E-state index contributed by atoms with van der Waals surface area (Å²) in [4.78, 5) is 16.7. The highest BCUT2D eigenvalue weighted by Crippen LogP contribution is 2.30. The third-order valence-corrected chi connectivity index (χ3v) is 4.88.